The Kier molecular flexibility index (Phi) is 5.33. The summed E-state index contributed by atoms with van der Waals surface area (Å²) in [6.07, 6.45) is 7.50. The summed E-state index contributed by atoms with van der Waals surface area (Å²) < 4.78 is 0. The van der Waals surface area contributed by atoms with E-state index >= 15 is 0 Å². The molecule has 3 heterocycles. The van der Waals surface area contributed by atoms with E-state index in [4.69, 9.17) is 0 Å². The minimum Gasteiger partial charge on any atom is -0.372 e. The highest BCUT2D eigenvalue weighted by atomic mass is 16.2. The second kappa shape index (κ2) is 7.47. The molecular formula is C18H29N5O. The average molecular weight is 331 g/mol. The van der Waals surface area contributed by atoms with Crippen LogP contribution in [0.4, 0.5) is 5.82 Å². The Bertz CT molecular complexity index is 568. The number of aromatic nitrogens is 2. The third kappa shape index (κ3) is 3.53. The Labute approximate surface area is 144 Å². The lowest BCUT2D eigenvalue weighted by atomic mass is 9.94. The van der Waals surface area contributed by atoms with Crippen molar-refractivity contribution in [3.63, 3.8) is 0 Å². The van der Waals surface area contributed by atoms with Crippen molar-refractivity contribution in [2.45, 2.75) is 51.6 Å². The van der Waals surface area contributed by atoms with Crippen LogP contribution in [0.3, 0.4) is 0 Å². The monoisotopic (exact) mass is 331 g/mol. The van der Waals surface area contributed by atoms with Gasteiger partial charge >= 0.3 is 0 Å². The lowest BCUT2D eigenvalue weighted by molar-refractivity contribution is -0.138. The van der Waals surface area contributed by atoms with Crippen molar-refractivity contribution in [2.75, 3.05) is 32.0 Å². The van der Waals surface area contributed by atoms with E-state index in [1.807, 2.05) is 7.05 Å². The summed E-state index contributed by atoms with van der Waals surface area (Å²) in [6, 6.07) is 0.654. The molecule has 0 radical (unpaired) electrons. The van der Waals surface area contributed by atoms with Gasteiger partial charge in [0, 0.05) is 25.6 Å². The minimum absolute atomic E-state index is 0.0847. The van der Waals surface area contributed by atoms with Crippen LogP contribution in [0.2, 0.25) is 0 Å². The third-order valence-electron chi connectivity index (χ3n) is 5.40. The molecule has 132 valence electrons. The van der Waals surface area contributed by atoms with Crippen LogP contribution >= 0.6 is 0 Å². The largest absolute Gasteiger partial charge is 0.372 e. The van der Waals surface area contributed by atoms with E-state index in [-0.39, 0.29) is 12.0 Å². The molecule has 6 nitrogen and oxygen atoms in total. The molecule has 0 aliphatic carbocycles. The maximum atomic E-state index is 13.1. The Morgan fingerprint density at radius 1 is 1.21 bits per heavy atom. The first-order chi connectivity index (χ1) is 11.6. The van der Waals surface area contributed by atoms with Crippen LogP contribution in [0.1, 0.15) is 51.3 Å². The lowest BCUT2D eigenvalue weighted by Crippen LogP contribution is -2.44. The van der Waals surface area contributed by atoms with Crippen molar-refractivity contribution in [3.05, 3.63) is 18.1 Å². The van der Waals surface area contributed by atoms with Gasteiger partial charge in [-0.2, -0.15) is 0 Å². The average Bonchev–Trinajstić information content (AvgIpc) is 3.11. The Morgan fingerprint density at radius 3 is 2.62 bits per heavy atom. The van der Waals surface area contributed by atoms with Gasteiger partial charge in [0.2, 0.25) is 5.91 Å². The molecule has 2 fully saturated rings. The van der Waals surface area contributed by atoms with Gasteiger partial charge in [0.25, 0.3) is 0 Å². The van der Waals surface area contributed by atoms with E-state index in [1.165, 1.54) is 0 Å². The van der Waals surface area contributed by atoms with Gasteiger partial charge in [0.1, 0.15) is 5.82 Å². The van der Waals surface area contributed by atoms with Crippen molar-refractivity contribution in [2.24, 2.45) is 5.92 Å². The smallest absolute Gasteiger partial charge is 0.226 e. The zero-order valence-corrected chi connectivity index (χ0v) is 15.0. The molecule has 1 amide bonds. The number of nitrogens with zero attached hydrogens (tertiary/aromatic N) is 4. The van der Waals surface area contributed by atoms with Crippen LogP contribution in [-0.2, 0) is 4.79 Å². The number of anilines is 1. The summed E-state index contributed by atoms with van der Waals surface area (Å²) >= 11 is 0. The number of carbonyl (C=O) groups is 1. The summed E-state index contributed by atoms with van der Waals surface area (Å²) in [6.45, 7) is 7.36. The molecule has 1 atom stereocenters. The molecule has 0 saturated carbocycles. The predicted octanol–water partition coefficient (Wildman–Crippen LogP) is 2.30. The molecule has 2 aliphatic rings. The molecule has 1 aromatic rings. The molecule has 0 aromatic carbocycles. The first-order valence-electron chi connectivity index (χ1n) is 9.14. The van der Waals surface area contributed by atoms with Gasteiger partial charge in [-0.15, -0.1) is 0 Å². The molecule has 1 N–H and O–H groups in total. The summed E-state index contributed by atoms with van der Waals surface area (Å²) in [5, 5.41) is 3.03. The number of amides is 1. The zero-order valence-electron chi connectivity index (χ0n) is 15.0. The zero-order chi connectivity index (χ0) is 17.1. The van der Waals surface area contributed by atoms with E-state index in [9.17, 15) is 4.79 Å². The first kappa shape index (κ1) is 17.1. The number of carbonyl (C=O) groups excluding carboxylic acids is 1. The van der Waals surface area contributed by atoms with Gasteiger partial charge in [-0.3, -0.25) is 9.78 Å². The van der Waals surface area contributed by atoms with Crippen LogP contribution in [0.15, 0.2) is 12.4 Å². The van der Waals surface area contributed by atoms with Gasteiger partial charge in [-0.1, -0.05) is 0 Å². The number of hydrogen-bond donors (Lipinski definition) is 1. The maximum Gasteiger partial charge on any atom is 0.226 e. The van der Waals surface area contributed by atoms with E-state index < -0.39 is 0 Å². The number of nitrogens with one attached hydrogen (secondary N) is 1. The number of rotatable bonds is 4. The van der Waals surface area contributed by atoms with Crippen LogP contribution in [0.5, 0.6) is 0 Å². The van der Waals surface area contributed by atoms with Gasteiger partial charge in [-0.25, -0.2) is 4.98 Å². The van der Waals surface area contributed by atoms with E-state index in [1.54, 1.807) is 12.4 Å². The molecule has 3 rings (SSSR count). The first-order valence-corrected chi connectivity index (χ1v) is 9.14. The molecule has 2 aliphatic heterocycles. The fourth-order valence-corrected chi connectivity index (χ4v) is 3.90. The highest BCUT2D eigenvalue weighted by Gasteiger charge is 2.36. The standard InChI is InChI=1S/C18H29N5O/c1-13(2)22-9-6-14(7-10-22)18(24)23-8-4-5-16(23)15-11-20-12-17(19-3)21-15/h11-14,16H,4-10H2,1-3H3,(H,19,21). The molecular weight excluding hydrogens is 302 g/mol. The van der Waals surface area contributed by atoms with Crippen molar-refractivity contribution in [1.29, 1.82) is 0 Å². The Balaban J connectivity index is 1.68. The van der Waals surface area contributed by atoms with Gasteiger partial charge in [0.05, 0.1) is 24.1 Å². The highest BCUT2D eigenvalue weighted by molar-refractivity contribution is 5.79. The minimum atomic E-state index is 0.0847. The second-order valence-electron chi connectivity index (χ2n) is 7.17. The van der Waals surface area contributed by atoms with Crippen LogP contribution < -0.4 is 5.32 Å². The number of piperidine rings is 1. The van der Waals surface area contributed by atoms with E-state index in [2.05, 4.69) is 38.9 Å². The SMILES string of the molecule is CNc1cncc(C2CCCN2C(=O)C2CCN(C(C)C)CC2)n1. The number of likely N-dealkylation sites (tertiary alicyclic amines) is 2. The fraction of sp³-hybridized carbons (Fsp3) is 0.722. The normalized spacial score (nSPS) is 23.0. The summed E-state index contributed by atoms with van der Waals surface area (Å²) in [5.41, 5.74) is 0.910. The van der Waals surface area contributed by atoms with E-state index in [0.29, 0.717) is 11.9 Å². The fourth-order valence-electron chi connectivity index (χ4n) is 3.90. The Morgan fingerprint density at radius 2 is 1.96 bits per heavy atom. The molecule has 1 unspecified atom stereocenters. The van der Waals surface area contributed by atoms with Crippen molar-refractivity contribution < 1.29 is 4.79 Å². The van der Waals surface area contributed by atoms with Crippen LogP contribution in [-0.4, -0.2) is 58.4 Å². The van der Waals surface area contributed by atoms with Crippen molar-refractivity contribution in [3.8, 4) is 0 Å². The van der Waals surface area contributed by atoms with Gasteiger partial charge < -0.3 is 15.1 Å². The van der Waals surface area contributed by atoms with Crippen LogP contribution in [0, 0.1) is 5.92 Å². The van der Waals surface area contributed by atoms with Gasteiger partial charge in [-0.05, 0) is 52.6 Å². The van der Waals surface area contributed by atoms with E-state index in [0.717, 1.165) is 56.8 Å². The molecule has 24 heavy (non-hydrogen) atoms. The molecule has 0 bridgehead atoms. The van der Waals surface area contributed by atoms with Crippen molar-refractivity contribution >= 4 is 11.7 Å². The molecule has 2 saturated heterocycles. The Hall–Kier alpha value is -1.69. The molecule has 6 heteroatoms. The number of hydrogen-bond acceptors (Lipinski definition) is 5. The summed E-state index contributed by atoms with van der Waals surface area (Å²) in [5.74, 6) is 1.25. The lowest BCUT2D eigenvalue weighted by Gasteiger charge is -2.36. The quantitative estimate of drug-likeness (QED) is 0.917. The molecule has 1 aromatic heterocycles. The summed E-state index contributed by atoms with van der Waals surface area (Å²) in [4.78, 5) is 26.5. The second-order valence-corrected chi connectivity index (χ2v) is 7.17. The van der Waals surface area contributed by atoms with Crippen molar-refractivity contribution in [1.82, 2.24) is 19.8 Å². The maximum absolute atomic E-state index is 13.1. The van der Waals surface area contributed by atoms with Gasteiger partial charge in [0.15, 0.2) is 0 Å². The van der Waals surface area contributed by atoms with Crippen LogP contribution in [0.25, 0.3) is 0 Å². The third-order valence-corrected chi connectivity index (χ3v) is 5.40. The topological polar surface area (TPSA) is 61.4 Å². The predicted molar refractivity (Wildman–Crippen MR) is 94.7 cm³/mol. The summed E-state index contributed by atoms with van der Waals surface area (Å²) in [7, 11) is 1.84. The highest BCUT2D eigenvalue weighted by Crippen LogP contribution is 2.34. The molecule has 0 spiro atoms.